The summed E-state index contributed by atoms with van der Waals surface area (Å²) in [6, 6.07) is 0. The van der Waals surface area contributed by atoms with E-state index in [1.165, 1.54) is 0 Å². The third-order valence-corrected chi connectivity index (χ3v) is 0.989. The largest absolute Gasteiger partial charge is 0.330 e. The maximum absolute atomic E-state index is 5.25. The van der Waals surface area contributed by atoms with Gasteiger partial charge in [0.1, 0.15) is 0 Å². The van der Waals surface area contributed by atoms with Crippen molar-refractivity contribution in [2.75, 3.05) is 27.2 Å². The lowest BCUT2D eigenvalue weighted by atomic mass is 10.4. The van der Waals surface area contributed by atoms with Crippen LogP contribution in [0.15, 0.2) is 0 Å². The quantitative estimate of drug-likeness (QED) is 0.664. The van der Waals surface area contributed by atoms with Crippen molar-refractivity contribution >= 4 is 24.8 Å². The number of halogens is 2. The summed E-state index contributed by atoms with van der Waals surface area (Å²) in [5, 5.41) is 1.76. The highest BCUT2D eigenvalue weighted by molar-refractivity contribution is 5.85. The van der Waals surface area contributed by atoms with E-state index in [-0.39, 0.29) is 24.8 Å². The van der Waals surface area contributed by atoms with Gasteiger partial charge in [-0.1, -0.05) is 0 Å². The zero-order valence-corrected chi connectivity index (χ0v) is 8.00. The van der Waals surface area contributed by atoms with Gasteiger partial charge in [-0.05, 0) is 13.0 Å². The van der Waals surface area contributed by atoms with Gasteiger partial charge in [0.2, 0.25) is 0 Å². The molecule has 0 aromatic carbocycles. The molecule has 0 bridgehead atoms. The van der Waals surface area contributed by atoms with E-state index in [9.17, 15) is 0 Å². The van der Waals surface area contributed by atoms with E-state index in [1.807, 2.05) is 7.05 Å². The Hall–Kier alpha value is 0.460. The van der Waals surface area contributed by atoms with Crippen LogP contribution in [0.5, 0.6) is 0 Å². The summed E-state index contributed by atoms with van der Waals surface area (Å²) in [7, 11) is 3.53. The first kappa shape index (κ1) is 16.8. The van der Waals surface area contributed by atoms with E-state index in [2.05, 4.69) is 0 Å². The molecule has 10 heavy (non-hydrogen) atoms. The number of hydroxylamine groups is 2. The Morgan fingerprint density at radius 3 is 2.20 bits per heavy atom. The van der Waals surface area contributed by atoms with E-state index in [0.29, 0.717) is 0 Å². The average Bonchev–Trinajstić information content (AvgIpc) is 1.83. The zero-order valence-electron chi connectivity index (χ0n) is 6.37. The van der Waals surface area contributed by atoms with Crippen LogP contribution in [0.1, 0.15) is 6.42 Å². The van der Waals surface area contributed by atoms with E-state index in [1.54, 1.807) is 12.2 Å². The number of nitrogens with two attached hydrogens (primary N) is 1. The summed E-state index contributed by atoms with van der Waals surface area (Å²) in [6.07, 6.45) is 0.990. The van der Waals surface area contributed by atoms with Crippen molar-refractivity contribution in [2.45, 2.75) is 6.42 Å². The lowest BCUT2D eigenvalue weighted by Crippen LogP contribution is -2.20. The molecule has 0 amide bonds. The molecule has 3 nitrogen and oxygen atoms in total. The molecule has 5 heteroatoms. The molecule has 0 aromatic heterocycles. The van der Waals surface area contributed by atoms with Gasteiger partial charge in [-0.2, -0.15) is 5.06 Å². The molecule has 0 heterocycles. The highest BCUT2D eigenvalue weighted by Gasteiger charge is 1.90. The molecule has 2 N–H and O–H groups in total. The van der Waals surface area contributed by atoms with Crippen LogP contribution in [0.2, 0.25) is 0 Å². The van der Waals surface area contributed by atoms with Gasteiger partial charge in [-0.3, -0.25) is 0 Å². The predicted octanol–water partition coefficient (Wildman–Crippen LogP) is 0.672. The summed E-state index contributed by atoms with van der Waals surface area (Å²) in [4.78, 5) is 4.83. The second-order valence-corrected chi connectivity index (χ2v) is 1.68. The summed E-state index contributed by atoms with van der Waals surface area (Å²) < 4.78 is 0. The first-order valence-electron chi connectivity index (χ1n) is 2.76. The highest BCUT2D eigenvalue weighted by atomic mass is 35.5. The molecular formula is C5H16Cl2N2O. The molecular weight excluding hydrogens is 175 g/mol. The molecule has 0 atom stereocenters. The second kappa shape index (κ2) is 12.2. The van der Waals surface area contributed by atoms with Gasteiger partial charge in [0, 0.05) is 13.6 Å². The molecule has 0 rings (SSSR count). The van der Waals surface area contributed by atoms with Gasteiger partial charge in [0.25, 0.3) is 0 Å². The molecule has 66 valence electrons. The SMILES string of the molecule is CON(C)CCCN.Cl.Cl. The number of nitrogens with zero attached hydrogens (tertiary/aromatic N) is 1. The number of hydrogen-bond acceptors (Lipinski definition) is 3. The molecule has 0 fully saturated rings. The fourth-order valence-corrected chi connectivity index (χ4v) is 0.405. The van der Waals surface area contributed by atoms with Crippen LogP contribution >= 0.6 is 24.8 Å². The normalized spacial score (nSPS) is 8.40. The van der Waals surface area contributed by atoms with E-state index in [4.69, 9.17) is 10.6 Å². The fourth-order valence-electron chi connectivity index (χ4n) is 0.405. The van der Waals surface area contributed by atoms with Gasteiger partial charge in [-0.25, -0.2) is 0 Å². The van der Waals surface area contributed by atoms with Crippen LogP contribution < -0.4 is 5.73 Å². The fraction of sp³-hybridized carbons (Fsp3) is 1.00. The third-order valence-electron chi connectivity index (χ3n) is 0.989. The van der Waals surface area contributed by atoms with Gasteiger partial charge in [-0.15, -0.1) is 24.8 Å². The standard InChI is InChI=1S/C5H14N2O.2ClH/c1-7(8-2)5-3-4-6;;/h3-6H2,1-2H3;2*1H. The topological polar surface area (TPSA) is 38.5 Å². The Kier molecular flexibility index (Phi) is 20.5. The Labute approximate surface area is 74.7 Å². The summed E-state index contributed by atoms with van der Waals surface area (Å²) in [6.45, 7) is 1.64. The Balaban J connectivity index is -0.000000245. The predicted molar refractivity (Wildman–Crippen MR) is 47.8 cm³/mol. The van der Waals surface area contributed by atoms with Crippen LogP contribution in [-0.2, 0) is 4.84 Å². The minimum absolute atomic E-state index is 0. The maximum Gasteiger partial charge on any atom is 0.0575 e. The highest BCUT2D eigenvalue weighted by Crippen LogP contribution is 1.82. The van der Waals surface area contributed by atoms with Crippen LogP contribution in [0.3, 0.4) is 0 Å². The monoisotopic (exact) mass is 190 g/mol. The van der Waals surface area contributed by atoms with Crippen molar-refractivity contribution in [1.82, 2.24) is 5.06 Å². The Morgan fingerprint density at radius 2 is 1.90 bits per heavy atom. The van der Waals surface area contributed by atoms with Gasteiger partial charge in [0.05, 0.1) is 7.11 Å². The van der Waals surface area contributed by atoms with Crippen LogP contribution in [-0.4, -0.2) is 32.3 Å². The minimum atomic E-state index is 0. The lowest BCUT2D eigenvalue weighted by molar-refractivity contribution is -0.108. The molecule has 0 aliphatic carbocycles. The van der Waals surface area contributed by atoms with Crippen LogP contribution in [0.4, 0.5) is 0 Å². The zero-order chi connectivity index (χ0) is 6.41. The lowest BCUT2D eigenvalue weighted by Gasteiger charge is -2.11. The van der Waals surface area contributed by atoms with Crippen molar-refractivity contribution in [3.8, 4) is 0 Å². The van der Waals surface area contributed by atoms with Crippen molar-refractivity contribution in [3.63, 3.8) is 0 Å². The van der Waals surface area contributed by atoms with Gasteiger partial charge >= 0.3 is 0 Å². The average molecular weight is 191 g/mol. The third kappa shape index (κ3) is 11.3. The molecule has 0 spiro atoms. The first-order valence-corrected chi connectivity index (χ1v) is 2.76. The smallest absolute Gasteiger partial charge is 0.0575 e. The number of rotatable bonds is 4. The molecule has 0 radical (unpaired) electrons. The molecule has 0 unspecified atom stereocenters. The van der Waals surface area contributed by atoms with Crippen molar-refractivity contribution in [2.24, 2.45) is 5.73 Å². The maximum atomic E-state index is 5.25. The van der Waals surface area contributed by atoms with Crippen LogP contribution in [0, 0.1) is 0 Å². The van der Waals surface area contributed by atoms with Crippen molar-refractivity contribution in [3.05, 3.63) is 0 Å². The summed E-state index contributed by atoms with van der Waals surface area (Å²) >= 11 is 0. The Bertz CT molecular complexity index is 56.9. The second-order valence-electron chi connectivity index (χ2n) is 1.68. The van der Waals surface area contributed by atoms with Crippen molar-refractivity contribution in [1.29, 1.82) is 0 Å². The molecule has 0 aromatic rings. The molecule has 0 saturated carbocycles. The van der Waals surface area contributed by atoms with Gasteiger partial charge in [0.15, 0.2) is 0 Å². The first-order chi connectivity index (χ1) is 3.81. The Morgan fingerprint density at radius 1 is 1.40 bits per heavy atom. The molecule has 0 saturated heterocycles. The number of hydrogen-bond donors (Lipinski definition) is 1. The summed E-state index contributed by atoms with van der Waals surface area (Å²) in [5.74, 6) is 0. The van der Waals surface area contributed by atoms with E-state index in [0.717, 1.165) is 19.5 Å². The minimum Gasteiger partial charge on any atom is -0.330 e. The van der Waals surface area contributed by atoms with Gasteiger partial charge < -0.3 is 10.6 Å². The molecule has 0 aliphatic heterocycles. The van der Waals surface area contributed by atoms with Crippen molar-refractivity contribution < 1.29 is 4.84 Å². The van der Waals surface area contributed by atoms with E-state index < -0.39 is 0 Å². The van der Waals surface area contributed by atoms with Crippen LogP contribution in [0.25, 0.3) is 0 Å². The summed E-state index contributed by atoms with van der Waals surface area (Å²) in [5.41, 5.74) is 5.25. The molecule has 0 aliphatic rings. The van der Waals surface area contributed by atoms with E-state index >= 15 is 0 Å².